The van der Waals surface area contributed by atoms with Crippen molar-refractivity contribution < 1.29 is 0 Å². The largest absolute Gasteiger partial charge is 0.308 e. The maximum Gasteiger partial charge on any atom is 0.0939 e. The fourth-order valence-electron chi connectivity index (χ4n) is 14.0. The summed E-state index contributed by atoms with van der Waals surface area (Å²) < 4.78 is 9.84. The number of aromatic nitrogens is 6. The molecule has 0 bridgehead atoms. The number of rotatable bonds is 4. The van der Waals surface area contributed by atoms with Gasteiger partial charge in [0.25, 0.3) is 0 Å². The number of hydrogen-bond donors (Lipinski definition) is 0. The molecule has 16 aromatic rings. The lowest BCUT2D eigenvalue weighted by molar-refractivity contribution is 0.713. The second-order valence-electron chi connectivity index (χ2n) is 20.8. The Morgan fingerprint density at radius 2 is 0.538 bits per heavy atom. The lowest BCUT2D eigenvalue weighted by Crippen LogP contribution is -2.33. The van der Waals surface area contributed by atoms with Gasteiger partial charge in [-0.05, 0) is 83.9 Å². The van der Waals surface area contributed by atoms with E-state index in [0.29, 0.717) is 0 Å². The van der Waals surface area contributed by atoms with Crippen LogP contribution in [0.4, 0.5) is 0 Å². The Balaban J connectivity index is 1.02. The summed E-state index contributed by atoms with van der Waals surface area (Å²) in [5.74, 6) is 0. The van der Waals surface area contributed by atoms with Gasteiger partial charge in [0.1, 0.15) is 0 Å². The summed E-state index contributed by atoms with van der Waals surface area (Å²) in [6.45, 7) is 0. The molecule has 0 radical (unpaired) electrons. The van der Waals surface area contributed by atoms with Crippen LogP contribution in [0.15, 0.2) is 265 Å². The molecule has 7 heteroatoms. The van der Waals surface area contributed by atoms with Crippen LogP contribution in [-0.4, -0.2) is 28.2 Å². The van der Waals surface area contributed by atoms with E-state index < -0.39 is 5.41 Å². The highest BCUT2D eigenvalue weighted by molar-refractivity contribution is 7.99. The second kappa shape index (κ2) is 15.6. The van der Waals surface area contributed by atoms with E-state index in [0.717, 1.165) is 67.3 Å². The molecule has 0 atom stereocenters. The highest BCUT2D eigenvalue weighted by Crippen LogP contribution is 2.64. The topological polar surface area (TPSA) is 45.5 Å². The number of pyridine rings is 2. The first kappa shape index (κ1) is 42.3. The third kappa shape index (κ3) is 5.37. The van der Waals surface area contributed by atoms with Crippen LogP contribution in [0.25, 0.3) is 121 Å². The number of para-hydroxylation sites is 8. The molecule has 10 aromatic carbocycles. The minimum absolute atomic E-state index is 0.886. The first-order valence-corrected chi connectivity index (χ1v) is 27.5. The van der Waals surface area contributed by atoms with Crippen LogP contribution in [0.1, 0.15) is 22.3 Å². The zero-order valence-corrected chi connectivity index (χ0v) is 42.7. The Bertz CT molecular complexity index is 4740. The summed E-state index contributed by atoms with van der Waals surface area (Å²) in [5.41, 5.74) is 18.9. The summed E-state index contributed by atoms with van der Waals surface area (Å²) in [5, 5.41) is 9.74. The predicted molar refractivity (Wildman–Crippen MR) is 321 cm³/mol. The smallest absolute Gasteiger partial charge is 0.0939 e. The Kier molecular flexibility index (Phi) is 8.44. The molecule has 1 spiro atoms. The van der Waals surface area contributed by atoms with Gasteiger partial charge in [0.05, 0.1) is 96.1 Å². The summed E-state index contributed by atoms with van der Waals surface area (Å²) in [6, 6.07) is 89.5. The summed E-state index contributed by atoms with van der Waals surface area (Å²) in [7, 11) is 0. The van der Waals surface area contributed by atoms with E-state index in [1.54, 1.807) is 0 Å². The van der Waals surface area contributed by atoms with Gasteiger partial charge in [-0.1, -0.05) is 182 Å². The van der Waals surface area contributed by atoms with Crippen molar-refractivity contribution in [2.45, 2.75) is 15.2 Å². The molecule has 362 valence electrons. The lowest BCUT2D eigenvalue weighted by atomic mass is 9.67. The minimum atomic E-state index is -0.923. The third-order valence-corrected chi connectivity index (χ3v) is 18.4. The first-order valence-electron chi connectivity index (χ1n) is 26.6. The molecule has 0 saturated carbocycles. The molecule has 0 N–H and O–H groups in total. The van der Waals surface area contributed by atoms with Gasteiger partial charge < -0.3 is 18.3 Å². The molecule has 1 aliphatic heterocycles. The van der Waals surface area contributed by atoms with Gasteiger partial charge >= 0.3 is 0 Å². The van der Waals surface area contributed by atoms with Crippen molar-refractivity contribution in [3.63, 3.8) is 0 Å². The van der Waals surface area contributed by atoms with Crippen molar-refractivity contribution in [3.05, 3.63) is 277 Å². The highest BCUT2D eigenvalue weighted by Gasteiger charge is 2.53. The fraction of sp³-hybridized carbons (Fsp3) is 0.0141. The quantitative estimate of drug-likeness (QED) is 0.176. The molecule has 6 nitrogen and oxygen atoms in total. The SMILES string of the molecule is c1cc(-n2c3ccccc3c3ccccc32)c2c(c1)C1(c3cc(-n4c5ccccc5c5ccccc54)cnc3-c3ncc(-n4c5ccccc5c5ccccc54)cc31)c1cccc(-n3c4ccccc4c4ccccc43)c1S2. The van der Waals surface area contributed by atoms with Crippen LogP contribution in [-0.2, 0) is 5.41 Å². The van der Waals surface area contributed by atoms with Crippen molar-refractivity contribution in [3.8, 4) is 34.1 Å². The van der Waals surface area contributed by atoms with Crippen LogP contribution in [0.3, 0.4) is 0 Å². The van der Waals surface area contributed by atoms with Crippen LogP contribution in [0, 0.1) is 0 Å². The van der Waals surface area contributed by atoms with Gasteiger partial charge in [0.15, 0.2) is 0 Å². The summed E-state index contributed by atoms with van der Waals surface area (Å²) in [4.78, 5) is 13.7. The standard InChI is InChI=1S/C71H42N6S/c1-9-29-57-45(19-1)46-20-2-10-30-58(46)74(57)43-39-55-67(72-41-43)68-56(40-44(42-73-68)75-59-31-11-3-21-47(59)48-22-4-12-32-60(48)75)71(55)53-27-17-37-65(76-61-33-13-5-23-49(61)50-24-6-14-34-62(50)76)69(53)78-70-54(71)28-18-38-66(70)77-63-35-15-7-25-51(63)52-26-8-16-36-64(52)77/h1-42H. The third-order valence-electron chi connectivity index (χ3n) is 17.1. The van der Waals surface area contributed by atoms with Crippen molar-refractivity contribution >= 4 is 99.0 Å². The number of benzene rings is 10. The van der Waals surface area contributed by atoms with Crippen molar-refractivity contribution in [2.24, 2.45) is 0 Å². The second-order valence-corrected chi connectivity index (χ2v) is 21.8. The summed E-state index contributed by atoms with van der Waals surface area (Å²) >= 11 is 1.90. The van der Waals surface area contributed by atoms with E-state index in [4.69, 9.17) is 9.97 Å². The van der Waals surface area contributed by atoms with Crippen molar-refractivity contribution in [1.82, 2.24) is 28.2 Å². The molecule has 0 saturated heterocycles. The number of hydrogen-bond acceptors (Lipinski definition) is 3. The molecular weight excluding hydrogens is 969 g/mol. The number of nitrogens with zero attached hydrogens (tertiary/aromatic N) is 6. The number of fused-ring (bicyclic) bond motifs is 21. The average Bonchev–Trinajstić information content (AvgIpc) is 3.61. The van der Waals surface area contributed by atoms with Gasteiger partial charge in [-0.3, -0.25) is 9.97 Å². The van der Waals surface area contributed by atoms with E-state index in [2.05, 4.69) is 273 Å². The van der Waals surface area contributed by atoms with Gasteiger partial charge in [-0.15, -0.1) is 0 Å². The predicted octanol–water partition coefficient (Wildman–Crippen LogP) is 17.7. The van der Waals surface area contributed by atoms with E-state index in [1.165, 1.54) is 86.1 Å². The Hall–Kier alpha value is -9.95. The van der Waals surface area contributed by atoms with Crippen molar-refractivity contribution in [1.29, 1.82) is 0 Å². The van der Waals surface area contributed by atoms with Gasteiger partial charge in [-0.25, -0.2) is 0 Å². The molecule has 0 unspecified atom stereocenters. The monoisotopic (exact) mass is 1010 g/mol. The molecule has 0 fully saturated rings. The van der Waals surface area contributed by atoms with Crippen molar-refractivity contribution in [2.75, 3.05) is 0 Å². The molecule has 18 rings (SSSR count). The maximum atomic E-state index is 5.66. The molecule has 6 aromatic heterocycles. The Morgan fingerprint density at radius 1 is 0.269 bits per heavy atom. The summed E-state index contributed by atoms with van der Waals surface area (Å²) in [6.07, 6.45) is 4.15. The highest BCUT2D eigenvalue weighted by atomic mass is 32.2. The Morgan fingerprint density at radius 3 is 0.833 bits per heavy atom. The maximum absolute atomic E-state index is 5.66. The van der Waals surface area contributed by atoms with Gasteiger partial charge in [-0.2, -0.15) is 0 Å². The normalized spacial score (nSPS) is 13.4. The van der Waals surface area contributed by atoms with Crippen LogP contribution < -0.4 is 0 Å². The van der Waals surface area contributed by atoms with Crippen LogP contribution in [0.2, 0.25) is 0 Å². The molecule has 78 heavy (non-hydrogen) atoms. The van der Waals surface area contributed by atoms with Crippen LogP contribution in [0.5, 0.6) is 0 Å². The van der Waals surface area contributed by atoms with Crippen LogP contribution >= 0.6 is 11.8 Å². The minimum Gasteiger partial charge on any atom is -0.308 e. The molecular formula is C71H42N6S. The Labute approximate surface area is 451 Å². The van der Waals surface area contributed by atoms with E-state index >= 15 is 0 Å². The zero-order chi connectivity index (χ0) is 50.8. The fourth-order valence-corrected chi connectivity index (χ4v) is 15.4. The van der Waals surface area contributed by atoms with Gasteiger partial charge in [0, 0.05) is 64.0 Å². The molecule has 0 amide bonds. The lowest BCUT2D eigenvalue weighted by Gasteiger charge is -2.41. The van der Waals surface area contributed by atoms with E-state index in [9.17, 15) is 0 Å². The van der Waals surface area contributed by atoms with Gasteiger partial charge in [0.2, 0.25) is 0 Å². The molecule has 2 aliphatic rings. The average molecular weight is 1010 g/mol. The molecule has 1 aliphatic carbocycles. The van der Waals surface area contributed by atoms with E-state index in [1.807, 2.05) is 11.8 Å². The first-order chi connectivity index (χ1) is 38.7. The zero-order valence-electron chi connectivity index (χ0n) is 41.8. The molecule has 7 heterocycles. The van der Waals surface area contributed by atoms with E-state index in [-0.39, 0.29) is 0 Å².